The van der Waals surface area contributed by atoms with Crippen molar-refractivity contribution in [2.75, 3.05) is 19.6 Å². The highest BCUT2D eigenvalue weighted by Gasteiger charge is 2.34. The summed E-state index contributed by atoms with van der Waals surface area (Å²) in [5.74, 6) is 2.02. The Balaban J connectivity index is 1.56. The third-order valence-corrected chi connectivity index (χ3v) is 5.82. The highest BCUT2D eigenvalue weighted by atomic mass is 16.4. The Hall–Kier alpha value is -1.63. The highest BCUT2D eigenvalue weighted by molar-refractivity contribution is 5.74. The van der Waals surface area contributed by atoms with E-state index in [-0.39, 0.29) is 12.1 Å². The van der Waals surface area contributed by atoms with E-state index in [1.54, 1.807) is 0 Å². The maximum Gasteiger partial charge on any atom is 0.317 e. The number of hydrogen-bond donors (Lipinski definition) is 1. The molecule has 1 unspecified atom stereocenters. The molecule has 3 heterocycles. The van der Waals surface area contributed by atoms with E-state index < -0.39 is 0 Å². The van der Waals surface area contributed by atoms with Gasteiger partial charge in [0.05, 0.1) is 6.54 Å². The normalized spacial score (nSPS) is 22.8. The fourth-order valence-corrected chi connectivity index (χ4v) is 4.39. The number of piperidine rings is 1. The van der Waals surface area contributed by atoms with Crippen LogP contribution in [0.25, 0.3) is 0 Å². The van der Waals surface area contributed by atoms with Crippen LogP contribution in [0.5, 0.6) is 0 Å². The molecule has 27 heavy (non-hydrogen) atoms. The summed E-state index contributed by atoms with van der Waals surface area (Å²) in [4.78, 5) is 17.3. The van der Waals surface area contributed by atoms with E-state index in [1.165, 1.54) is 12.8 Å². The van der Waals surface area contributed by atoms with Crippen LogP contribution in [0.2, 0.25) is 0 Å². The van der Waals surface area contributed by atoms with Crippen LogP contribution in [-0.4, -0.2) is 57.7 Å². The monoisotopic (exact) mass is 377 g/mol. The third kappa shape index (κ3) is 5.43. The summed E-state index contributed by atoms with van der Waals surface area (Å²) in [5, 5.41) is 11.3. The van der Waals surface area contributed by atoms with Crippen molar-refractivity contribution < 1.29 is 9.21 Å². The average Bonchev–Trinajstić information content (AvgIpc) is 2.95. The average molecular weight is 378 g/mol. The smallest absolute Gasteiger partial charge is 0.317 e. The van der Waals surface area contributed by atoms with Crippen molar-refractivity contribution in [2.45, 2.75) is 84.3 Å². The van der Waals surface area contributed by atoms with Gasteiger partial charge >= 0.3 is 6.03 Å². The van der Waals surface area contributed by atoms with E-state index in [0.29, 0.717) is 17.9 Å². The first-order valence-corrected chi connectivity index (χ1v) is 10.7. The number of hydrogen-bond acceptors (Lipinski definition) is 5. The summed E-state index contributed by atoms with van der Waals surface area (Å²) in [5.41, 5.74) is 0. The molecule has 0 aliphatic carbocycles. The first-order valence-electron chi connectivity index (χ1n) is 10.7. The molecule has 0 spiro atoms. The van der Waals surface area contributed by atoms with Crippen LogP contribution in [0.15, 0.2) is 4.42 Å². The second-order valence-corrected chi connectivity index (χ2v) is 8.27. The molecule has 0 radical (unpaired) electrons. The molecule has 7 nitrogen and oxygen atoms in total. The quantitative estimate of drug-likeness (QED) is 0.853. The molecule has 2 aliphatic heterocycles. The molecule has 2 fully saturated rings. The standard InChI is InChI=1S/C20H35N5O2/c1-4-18-22-23-19(27-18)14-24-12-9-16(10-13-24)17-8-6-5-7-11-25(17)20(26)21-15(2)3/h15-17H,4-14H2,1-3H3,(H,21,26). The Morgan fingerprint density at radius 1 is 1.11 bits per heavy atom. The Morgan fingerprint density at radius 3 is 2.52 bits per heavy atom. The number of rotatable bonds is 5. The van der Waals surface area contributed by atoms with E-state index in [1.807, 2.05) is 20.8 Å². The van der Waals surface area contributed by atoms with Gasteiger partial charge in [-0.1, -0.05) is 19.8 Å². The zero-order valence-corrected chi connectivity index (χ0v) is 17.1. The van der Waals surface area contributed by atoms with Crippen molar-refractivity contribution in [2.24, 2.45) is 5.92 Å². The van der Waals surface area contributed by atoms with Gasteiger partial charge in [-0.3, -0.25) is 4.90 Å². The van der Waals surface area contributed by atoms with Crippen molar-refractivity contribution >= 4 is 6.03 Å². The zero-order chi connectivity index (χ0) is 19.2. The van der Waals surface area contributed by atoms with Gasteiger partial charge < -0.3 is 14.6 Å². The largest absolute Gasteiger partial charge is 0.424 e. The van der Waals surface area contributed by atoms with Gasteiger partial charge in [0.1, 0.15) is 0 Å². The molecule has 2 amide bonds. The van der Waals surface area contributed by atoms with E-state index in [4.69, 9.17) is 4.42 Å². The van der Waals surface area contributed by atoms with Crippen LogP contribution in [-0.2, 0) is 13.0 Å². The number of amides is 2. The van der Waals surface area contributed by atoms with Crippen LogP contribution in [0.4, 0.5) is 4.79 Å². The first kappa shape index (κ1) is 20.1. The first-order chi connectivity index (χ1) is 13.1. The van der Waals surface area contributed by atoms with Crippen LogP contribution in [0.1, 0.15) is 71.1 Å². The Bertz CT molecular complexity index is 595. The van der Waals surface area contributed by atoms with E-state index in [0.717, 1.165) is 64.2 Å². The topological polar surface area (TPSA) is 74.5 Å². The summed E-state index contributed by atoms with van der Waals surface area (Å²) in [6.07, 6.45) is 7.77. The van der Waals surface area contributed by atoms with Gasteiger partial charge in [0.2, 0.25) is 11.8 Å². The number of nitrogens with one attached hydrogen (secondary N) is 1. The van der Waals surface area contributed by atoms with E-state index in [9.17, 15) is 4.79 Å². The molecule has 0 bridgehead atoms. The molecule has 1 atom stereocenters. The van der Waals surface area contributed by atoms with Crippen molar-refractivity contribution in [1.29, 1.82) is 0 Å². The lowest BCUT2D eigenvalue weighted by molar-refractivity contribution is 0.0936. The lowest BCUT2D eigenvalue weighted by Gasteiger charge is -2.40. The number of urea groups is 1. The third-order valence-electron chi connectivity index (χ3n) is 5.82. The Kier molecular flexibility index (Phi) is 7.10. The molecular formula is C20H35N5O2. The molecule has 7 heteroatoms. The number of carbonyl (C=O) groups is 1. The minimum Gasteiger partial charge on any atom is -0.424 e. The van der Waals surface area contributed by atoms with E-state index in [2.05, 4.69) is 25.3 Å². The predicted molar refractivity (Wildman–Crippen MR) is 104 cm³/mol. The summed E-state index contributed by atoms with van der Waals surface area (Å²) >= 11 is 0. The van der Waals surface area contributed by atoms with Crippen molar-refractivity contribution in [3.05, 3.63) is 11.8 Å². The number of likely N-dealkylation sites (tertiary alicyclic amines) is 2. The van der Waals surface area contributed by atoms with Gasteiger partial charge in [-0.05, 0) is 58.5 Å². The zero-order valence-electron chi connectivity index (χ0n) is 17.1. The molecular weight excluding hydrogens is 342 g/mol. The summed E-state index contributed by atoms with van der Waals surface area (Å²) in [7, 11) is 0. The molecule has 1 aromatic heterocycles. The van der Waals surface area contributed by atoms with Gasteiger partial charge in [0, 0.05) is 25.0 Å². The maximum atomic E-state index is 12.7. The van der Waals surface area contributed by atoms with Gasteiger partial charge in [-0.25, -0.2) is 4.79 Å². The predicted octanol–water partition coefficient (Wildman–Crippen LogP) is 3.21. The second-order valence-electron chi connectivity index (χ2n) is 8.27. The molecule has 1 aromatic rings. The van der Waals surface area contributed by atoms with Crippen LogP contribution < -0.4 is 5.32 Å². The minimum absolute atomic E-state index is 0.122. The van der Waals surface area contributed by atoms with Crippen LogP contribution >= 0.6 is 0 Å². The number of aromatic nitrogens is 2. The molecule has 2 saturated heterocycles. The summed E-state index contributed by atoms with van der Waals surface area (Å²) in [6.45, 7) is 9.79. The van der Waals surface area contributed by atoms with Gasteiger partial charge in [0.15, 0.2) is 0 Å². The van der Waals surface area contributed by atoms with Crippen LogP contribution in [0.3, 0.4) is 0 Å². The molecule has 3 rings (SSSR count). The molecule has 0 aromatic carbocycles. The van der Waals surface area contributed by atoms with Gasteiger partial charge in [-0.2, -0.15) is 0 Å². The van der Waals surface area contributed by atoms with Gasteiger partial charge in [0.25, 0.3) is 0 Å². The maximum absolute atomic E-state index is 12.7. The Labute approximate surface area is 162 Å². The second kappa shape index (κ2) is 9.53. The number of aryl methyl sites for hydroxylation is 1. The van der Waals surface area contributed by atoms with Crippen molar-refractivity contribution in [3.63, 3.8) is 0 Å². The van der Waals surface area contributed by atoms with Crippen molar-refractivity contribution in [1.82, 2.24) is 25.3 Å². The number of carbonyl (C=O) groups excluding carboxylic acids is 1. The fraction of sp³-hybridized carbons (Fsp3) is 0.850. The summed E-state index contributed by atoms with van der Waals surface area (Å²) < 4.78 is 5.66. The molecule has 2 aliphatic rings. The lowest BCUT2D eigenvalue weighted by atomic mass is 9.86. The fourth-order valence-electron chi connectivity index (χ4n) is 4.39. The highest BCUT2D eigenvalue weighted by Crippen LogP contribution is 2.30. The summed E-state index contributed by atoms with van der Waals surface area (Å²) in [6, 6.07) is 0.687. The lowest BCUT2D eigenvalue weighted by Crippen LogP contribution is -2.52. The number of nitrogens with zero attached hydrogens (tertiary/aromatic N) is 4. The molecule has 152 valence electrons. The molecule has 0 saturated carbocycles. The molecule has 1 N–H and O–H groups in total. The Morgan fingerprint density at radius 2 is 1.85 bits per heavy atom. The minimum atomic E-state index is 0.122. The van der Waals surface area contributed by atoms with Gasteiger partial charge in [-0.15, -0.1) is 10.2 Å². The van der Waals surface area contributed by atoms with Crippen molar-refractivity contribution in [3.8, 4) is 0 Å². The SMILES string of the molecule is CCc1nnc(CN2CCC(C3CCCCCN3C(=O)NC(C)C)CC2)o1. The van der Waals surface area contributed by atoms with Crippen LogP contribution in [0, 0.1) is 5.92 Å². The van der Waals surface area contributed by atoms with E-state index >= 15 is 0 Å².